The van der Waals surface area contributed by atoms with Crippen molar-refractivity contribution in [3.63, 3.8) is 0 Å². The molecule has 1 aliphatic carbocycles. The molecule has 1 aromatic rings. The Labute approximate surface area is 175 Å². The highest BCUT2D eigenvalue weighted by Crippen LogP contribution is 2.45. The van der Waals surface area contributed by atoms with Crippen LogP contribution >= 0.6 is 0 Å². The van der Waals surface area contributed by atoms with Crippen LogP contribution < -0.4 is 10.1 Å². The van der Waals surface area contributed by atoms with E-state index >= 15 is 0 Å². The molecule has 5 nitrogen and oxygen atoms in total. The van der Waals surface area contributed by atoms with Crippen LogP contribution in [0.1, 0.15) is 52.5 Å². The standard InChI is InChI=1S/C24H36N2O3/c1-16-12-21-19(20(16)15-25-22(27)14-24(2,3)4)13-23(28)26(21)11-10-17-6-8-18(29-5)9-7-17/h6-9,16,19-21H,10-15H2,1-5H3,(H,25,27)/t16-,19-,20+,21+/m0/s1. The molecule has 2 aliphatic rings. The minimum Gasteiger partial charge on any atom is -0.497 e. The third-order valence-electron chi connectivity index (χ3n) is 6.55. The summed E-state index contributed by atoms with van der Waals surface area (Å²) < 4.78 is 5.22. The highest BCUT2D eigenvalue weighted by atomic mass is 16.5. The van der Waals surface area contributed by atoms with Gasteiger partial charge >= 0.3 is 0 Å². The number of hydrogen-bond donors (Lipinski definition) is 1. The van der Waals surface area contributed by atoms with Gasteiger partial charge in [-0.2, -0.15) is 0 Å². The van der Waals surface area contributed by atoms with E-state index in [1.54, 1.807) is 7.11 Å². The van der Waals surface area contributed by atoms with E-state index in [-0.39, 0.29) is 17.2 Å². The zero-order valence-electron chi connectivity index (χ0n) is 18.5. The van der Waals surface area contributed by atoms with Crippen molar-refractivity contribution < 1.29 is 14.3 Å². The van der Waals surface area contributed by atoms with Crippen LogP contribution in [0, 0.1) is 23.2 Å². The zero-order chi connectivity index (χ0) is 21.2. The summed E-state index contributed by atoms with van der Waals surface area (Å²) >= 11 is 0. The van der Waals surface area contributed by atoms with Crippen molar-refractivity contribution in [3.05, 3.63) is 29.8 Å². The molecule has 0 spiro atoms. The molecule has 0 bridgehead atoms. The monoisotopic (exact) mass is 400 g/mol. The molecule has 4 atom stereocenters. The molecule has 2 amide bonds. The van der Waals surface area contributed by atoms with Gasteiger partial charge in [-0.05, 0) is 53.7 Å². The third kappa shape index (κ3) is 5.31. The molecule has 1 aromatic carbocycles. The highest BCUT2D eigenvalue weighted by molar-refractivity contribution is 5.80. The number of ether oxygens (including phenoxy) is 1. The van der Waals surface area contributed by atoms with Gasteiger partial charge in [-0.25, -0.2) is 0 Å². The quantitative estimate of drug-likeness (QED) is 0.760. The number of nitrogens with one attached hydrogen (secondary N) is 1. The van der Waals surface area contributed by atoms with E-state index in [1.807, 2.05) is 12.1 Å². The number of carbonyl (C=O) groups is 2. The van der Waals surface area contributed by atoms with Crippen LogP contribution in [0.25, 0.3) is 0 Å². The maximum atomic E-state index is 12.7. The Morgan fingerprint density at radius 1 is 1.24 bits per heavy atom. The van der Waals surface area contributed by atoms with Gasteiger partial charge in [0.05, 0.1) is 7.11 Å². The Balaban J connectivity index is 1.56. The third-order valence-corrected chi connectivity index (χ3v) is 6.55. The van der Waals surface area contributed by atoms with Gasteiger partial charge in [0, 0.05) is 32.0 Å². The molecule has 160 valence electrons. The summed E-state index contributed by atoms with van der Waals surface area (Å²) in [6.07, 6.45) is 3.06. The summed E-state index contributed by atoms with van der Waals surface area (Å²) in [5.41, 5.74) is 1.22. The molecule has 29 heavy (non-hydrogen) atoms. The van der Waals surface area contributed by atoms with E-state index in [2.05, 4.69) is 50.0 Å². The van der Waals surface area contributed by atoms with Crippen LogP contribution in [0.15, 0.2) is 24.3 Å². The van der Waals surface area contributed by atoms with Gasteiger partial charge in [-0.1, -0.05) is 39.8 Å². The second kappa shape index (κ2) is 8.76. The molecular weight excluding hydrogens is 364 g/mol. The molecule has 0 radical (unpaired) electrons. The average Bonchev–Trinajstić information content (AvgIpc) is 3.10. The number of hydrogen-bond acceptors (Lipinski definition) is 3. The second-order valence-electron chi connectivity index (χ2n) is 10.0. The number of rotatable bonds is 7. The minimum absolute atomic E-state index is 0.00447. The molecular formula is C24H36N2O3. The van der Waals surface area contributed by atoms with Crippen LogP contribution in [0.5, 0.6) is 5.75 Å². The van der Waals surface area contributed by atoms with Crippen LogP contribution in [0.3, 0.4) is 0 Å². The van der Waals surface area contributed by atoms with Gasteiger partial charge in [-0.3, -0.25) is 9.59 Å². The lowest BCUT2D eigenvalue weighted by molar-refractivity contribution is -0.129. The Bertz CT molecular complexity index is 723. The van der Waals surface area contributed by atoms with E-state index in [9.17, 15) is 9.59 Å². The zero-order valence-corrected chi connectivity index (χ0v) is 18.5. The van der Waals surface area contributed by atoms with E-state index in [0.717, 1.165) is 25.1 Å². The molecule has 0 aromatic heterocycles. The largest absolute Gasteiger partial charge is 0.497 e. The first-order chi connectivity index (χ1) is 13.7. The molecule has 0 unspecified atom stereocenters. The van der Waals surface area contributed by atoms with Gasteiger partial charge in [0.15, 0.2) is 0 Å². The Morgan fingerprint density at radius 2 is 1.93 bits per heavy atom. The minimum atomic E-state index is -0.00447. The normalized spacial score (nSPS) is 26.5. The smallest absolute Gasteiger partial charge is 0.223 e. The molecule has 1 N–H and O–H groups in total. The van der Waals surface area contributed by atoms with Gasteiger partial charge in [0.2, 0.25) is 11.8 Å². The van der Waals surface area contributed by atoms with Gasteiger partial charge in [-0.15, -0.1) is 0 Å². The summed E-state index contributed by atoms with van der Waals surface area (Å²) in [4.78, 5) is 27.1. The number of amides is 2. The number of nitrogens with zero attached hydrogens (tertiary/aromatic N) is 1. The number of methoxy groups -OCH3 is 1. The van der Waals surface area contributed by atoms with Crippen LogP contribution in [-0.4, -0.2) is 43.0 Å². The molecule has 5 heteroatoms. The van der Waals surface area contributed by atoms with Crippen molar-refractivity contribution in [2.24, 2.45) is 23.2 Å². The van der Waals surface area contributed by atoms with Crippen LogP contribution in [0.2, 0.25) is 0 Å². The topological polar surface area (TPSA) is 58.6 Å². The highest BCUT2D eigenvalue weighted by Gasteiger charge is 2.50. The average molecular weight is 401 g/mol. The molecule has 3 rings (SSSR count). The summed E-state index contributed by atoms with van der Waals surface area (Å²) in [6, 6.07) is 8.40. The van der Waals surface area contributed by atoms with Crippen molar-refractivity contribution in [3.8, 4) is 5.75 Å². The van der Waals surface area contributed by atoms with Gasteiger partial charge in [0.1, 0.15) is 5.75 Å². The van der Waals surface area contributed by atoms with Crippen molar-refractivity contribution in [2.45, 2.75) is 59.4 Å². The number of benzene rings is 1. The van der Waals surface area contributed by atoms with Crippen LogP contribution in [0.4, 0.5) is 0 Å². The second-order valence-corrected chi connectivity index (χ2v) is 10.0. The number of carbonyl (C=O) groups excluding carboxylic acids is 2. The van der Waals surface area contributed by atoms with E-state index in [0.29, 0.717) is 43.2 Å². The van der Waals surface area contributed by atoms with Crippen molar-refractivity contribution in [1.29, 1.82) is 0 Å². The predicted molar refractivity (Wildman–Crippen MR) is 115 cm³/mol. The van der Waals surface area contributed by atoms with E-state index < -0.39 is 0 Å². The van der Waals surface area contributed by atoms with Crippen LogP contribution in [-0.2, 0) is 16.0 Å². The fourth-order valence-electron chi connectivity index (χ4n) is 5.05. The molecule has 1 heterocycles. The Morgan fingerprint density at radius 3 is 2.55 bits per heavy atom. The summed E-state index contributed by atoms with van der Waals surface area (Å²) in [5, 5.41) is 3.14. The van der Waals surface area contributed by atoms with Crippen molar-refractivity contribution >= 4 is 11.8 Å². The van der Waals surface area contributed by atoms with Gasteiger partial charge in [0.25, 0.3) is 0 Å². The maximum absolute atomic E-state index is 12.7. The lowest BCUT2D eigenvalue weighted by Gasteiger charge is -2.25. The van der Waals surface area contributed by atoms with Crippen molar-refractivity contribution in [2.75, 3.05) is 20.2 Å². The molecule has 2 fully saturated rings. The van der Waals surface area contributed by atoms with Gasteiger partial charge < -0.3 is 15.0 Å². The molecule has 1 saturated carbocycles. The summed E-state index contributed by atoms with van der Waals surface area (Å²) in [7, 11) is 1.67. The fraction of sp³-hybridized carbons (Fsp3) is 0.667. The maximum Gasteiger partial charge on any atom is 0.223 e. The first-order valence-electron chi connectivity index (χ1n) is 10.9. The number of fused-ring (bicyclic) bond motifs is 1. The van der Waals surface area contributed by atoms with E-state index in [4.69, 9.17) is 4.74 Å². The Kier molecular flexibility index (Phi) is 6.55. The van der Waals surface area contributed by atoms with E-state index in [1.165, 1.54) is 5.56 Å². The summed E-state index contributed by atoms with van der Waals surface area (Å²) in [6.45, 7) is 9.97. The summed E-state index contributed by atoms with van der Waals surface area (Å²) in [5.74, 6) is 2.52. The molecule has 1 aliphatic heterocycles. The lowest BCUT2D eigenvalue weighted by Crippen LogP contribution is -2.36. The first kappa shape index (κ1) is 21.7. The fourth-order valence-corrected chi connectivity index (χ4v) is 5.05. The SMILES string of the molecule is COc1ccc(CCN2C(=O)C[C@H]3[C@H](CNC(=O)CC(C)(C)C)[C@@H](C)C[C@H]32)cc1. The Hall–Kier alpha value is -2.04. The lowest BCUT2D eigenvalue weighted by atomic mass is 9.88. The predicted octanol–water partition coefficient (Wildman–Crippen LogP) is 3.66. The first-order valence-corrected chi connectivity index (χ1v) is 10.9. The number of likely N-dealkylation sites (tertiary alicyclic amines) is 1. The van der Waals surface area contributed by atoms with Crippen molar-refractivity contribution in [1.82, 2.24) is 10.2 Å². The molecule has 1 saturated heterocycles.